The SMILES string of the molecule is CCCCCCCCOCc1cc(C(=O)NN)c(C)o1. The fraction of sp³-hybridized carbons (Fsp3) is 0.667. The number of aryl methyl sites for hydroxylation is 1. The maximum Gasteiger partial charge on any atom is 0.268 e. The molecule has 0 unspecified atom stereocenters. The maximum absolute atomic E-state index is 11.4. The Kier molecular flexibility index (Phi) is 7.99. The lowest BCUT2D eigenvalue weighted by molar-refractivity contribution is 0.0952. The van der Waals surface area contributed by atoms with Crippen molar-refractivity contribution in [2.75, 3.05) is 6.61 Å². The van der Waals surface area contributed by atoms with Crippen molar-refractivity contribution in [1.29, 1.82) is 0 Å². The first-order chi connectivity index (χ1) is 9.69. The quantitative estimate of drug-likeness (QED) is 0.299. The smallest absolute Gasteiger partial charge is 0.268 e. The van der Waals surface area contributed by atoms with Crippen LogP contribution in [0.4, 0.5) is 0 Å². The molecular formula is C15H26N2O3. The molecule has 0 radical (unpaired) electrons. The standard InChI is InChI=1S/C15H26N2O3/c1-3-4-5-6-7-8-9-19-11-13-10-14(12(2)20-13)15(18)17-16/h10H,3-9,11,16H2,1-2H3,(H,17,18). The van der Waals surface area contributed by atoms with Gasteiger partial charge in [-0.3, -0.25) is 10.2 Å². The number of hydrazine groups is 1. The van der Waals surface area contributed by atoms with Crippen LogP contribution in [-0.2, 0) is 11.3 Å². The molecule has 1 amide bonds. The van der Waals surface area contributed by atoms with Gasteiger partial charge >= 0.3 is 0 Å². The van der Waals surface area contributed by atoms with Gasteiger partial charge in [-0.2, -0.15) is 0 Å². The maximum atomic E-state index is 11.4. The highest BCUT2D eigenvalue weighted by atomic mass is 16.5. The molecule has 0 bridgehead atoms. The van der Waals surface area contributed by atoms with Gasteiger partial charge in [-0.1, -0.05) is 39.0 Å². The Morgan fingerprint density at radius 1 is 1.30 bits per heavy atom. The first-order valence-electron chi connectivity index (χ1n) is 7.37. The second-order valence-corrected chi connectivity index (χ2v) is 4.98. The Hall–Kier alpha value is -1.33. The fourth-order valence-corrected chi connectivity index (χ4v) is 2.08. The number of carbonyl (C=O) groups is 1. The van der Waals surface area contributed by atoms with Gasteiger partial charge in [0.15, 0.2) is 0 Å². The molecule has 0 spiro atoms. The van der Waals surface area contributed by atoms with Gasteiger partial charge in [-0.25, -0.2) is 5.84 Å². The average Bonchev–Trinajstić information content (AvgIpc) is 2.82. The Balaban J connectivity index is 2.18. The van der Waals surface area contributed by atoms with E-state index in [4.69, 9.17) is 15.0 Å². The lowest BCUT2D eigenvalue weighted by Gasteiger charge is -2.02. The van der Waals surface area contributed by atoms with Gasteiger partial charge in [0.25, 0.3) is 5.91 Å². The summed E-state index contributed by atoms with van der Waals surface area (Å²) in [5, 5.41) is 0. The Bertz CT molecular complexity index is 402. The van der Waals surface area contributed by atoms with Gasteiger partial charge < -0.3 is 9.15 Å². The predicted octanol–water partition coefficient (Wildman–Crippen LogP) is 3.07. The molecule has 0 atom stereocenters. The highest BCUT2D eigenvalue weighted by Gasteiger charge is 2.13. The van der Waals surface area contributed by atoms with Crippen molar-refractivity contribution in [1.82, 2.24) is 5.43 Å². The summed E-state index contributed by atoms with van der Waals surface area (Å²) < 4.78 is 11.0. The molecule has 1 rings (SSSR count). The van der Waals surface area contributed by atoms with E-state index in [2.05, 4.69) is 12.3 Å². The number of nitrogens with one attached hydrogen (secondary N) is 1. The average molecular weight is 282 g/mol. The largest absolute Gasteiger partial charge is 0.463 e. The van der Waals surface area contributed by atoms with E-state index in [1.54, 1.807) is 13.0 Å². The van der Waals surface area contributed by atoms with Crippen LogP contribution in [0.1, 0.15) is 67.3 Å². The minimum absolute atomic E-state index is 0.339. The predicted molar refractivity (Wildman–Crippen MR) is 78.1 cm³/mol. The van der Waals surface area contributed by atoms with E-state index < -0.39 is 0 Å². The zero-order chi connectivity index (χ0) is 14.8. The molecule has 114 valence electrons. The molecule has 1 aromatic rings. The molecule has 0 aromatic carbocycles. The van der Waals surface area contributed by atoms with Crippen molar-refractivity contribution in [2.45, 2.75) is 59.0 Å². The van der Waals surface area contributed by atoms with E-state index >= 15 is 0 Å². The van der Waals surface area contributed by atoms with Crippen LogP contribution in [0.2, 0.25) is 0 Å². The highest BCUT2D eigenvalue weighted by Crippen LogP contribution is 2.15. The van der Waals surface area contributed by atoms with Gasteiger partial charge in [-0.05, 0) is 19.4 Å². The van der Waals surface area contributed by atoms with Gasteiger partial charge in [0.2, 0.25) is 0 Å². The molecule has 5 heteroatoms. The number of rotatable bonds is 10. The van der Waals surface area contributed by atoms with E-state index in [0.29, 0.717) is 23.7 Å². The Labute approximate surface area is 120 Å². The number of nitrogens with two attached hydrogens (primary N) is 1. The molecule has 0 aliphatic rings. The van der Waals surface area contributed by atoms with Crippen LogP contribution in [-0.4, -0.2) is 12.5 Å². The van der Waals surface area contributed by atoms with Crippen LogP contribution in [0.5, 0.6) is 0 Å². The lowest BCUT2D eigenvalue weighted by atomic mass is 10.1. The second kappa shape index (κ2) is 9.55. The Morgan fingerprint density at radius 2 is 2.00 bits per heavy atom. The molecular weight excluding hydrogens is 256 g/mol. The van der Waals surface area contributed by atoms with E-state index in [0.717, 1.165) is 13.0 Å². The molecule has 0 aliphatic heterocycles. The number of carbonyl (C=O) groups excluding carboxylic acids is 1. The highest BCUT2D eigenvalue weighted by molar-refractivity contribution is 5.94. The fourth-order valence-electron chi connectivity index (χ4n) is 2.08. The Morgan fingerprint density at radius 3 is 2.70 bits per heavy atom. The van der Waals surface area contributed by atoms with Crippen LogP contribution in [0.25, 0.3) is 0 Å². The summed E-state index contributed by atoms with van der Waals surface area (Å²) in [6, 6.07) is 1.68. The number of ether oxygens (including phenoxy) is 1. The van der Waals surface area contributed by atoms with Crippen molar-refractivity contribution in [3.8, 4) is 0 Å². The first-order valence-corrected chi connectivity index (χ1v) is 7.37. The number of hydrogen-bond donors (Lipinski definition) is 2. The van der Waals surface area contributed by atoms with Crippen LogP contribution >= 0.6 is 0 Å². The summed E-state index contributed by atoms with van der Waals surface area (Å²) in [6.45, 7) is 5.08. The van der Waals surface area contributed by atoms with Gasteiger partial charge in [0, 0.05) is 6.61 Å². The van der Waals surface area contributed by atoms with Crippen molar-refractivity contribution >= 4 is 5.91 Å². The third-order valence-electron chi connectivity index (χ3n) is 3.23. The molecule has 0 saturated carbocycles. The number of hydrogen-bond acceptors (Lipinski definition) is 4. The van der Waals surface area contributed by atoms with Crippen LogP contribution in [0.15, 0.2) is 10.5 Å². The van der Waals surface area contributed by atoms with Crippen LogP contribution < -0.4 is 11.3 Å². The summed E-state index contributed by atoms with van der Waals surface area (Å²) in [6.07, 6.45) is 7.45. The first kappa shape index (κ1) is 16.7. The van der Waals surface area contributed by atoms with Crippen molar-refractivity contribution in [2.24, 2.45) is 5.84 Å². The summed E-state index contributed by atoms with van der Waals surface area (Å²) in [5.74, 6) is 5.98. The van der Waals surface area contributed by atoms with E-state index in [1.165, 1.54) is 32.1 Å². The minimum Gasteiger partial charge on any atom is -0.463 e. The van der Waals surface area contributed by atoms with E-state index in [1.807, 2.05) is 0 Å². The summed E-state index contributed by atoms with van der Waals surface area (Å²) >= 11 is 0. The van der Waals surface area contributed by atoms with Crippen molar-refractivity contribution < 1.29 is 13.9 Å². The van der Waals surface area contributed by atoms with Crippen LogP contribution in [0, 0.1) is 6.92 Å². The number of nitrogen functional groups attached to an aromatic ring is 1. The third-order valence-corrected chi connectivity index (χ3v) is 3.23. The van der Waals surface area contributed by atoms with E-state index in [9.17, 15) is 4.79 Å². The molecule has 3 N–H and O–H groups in total. The molecule has 20 heavy (non-hydrogen) atoms. The molecule has 0 fully saturated rings. The van der Waals surface area contributed by atoms with Crippen LogP contribution in [0.3, 0.4) is 0 Å². The summed E-state index contributed by atoms with van der Waals surface area (Å²) in [4.78, 5) is 11.4. The zero-order valence-electron chi connectivity index (χ0n) is 12.5. The van der Waals surface area contributed by atoms with Gasteiger partial charge in [0.05, 0.1) is 5.56 Å². The second-order valence-electron chi connectivity index (χ2n) is 4.98. The monoisotopic (exact) mass is 282 g/mol. The minimum atomic E-state index is -0.339. The molecule has 5 nitrogen and oxygen atoms in total. The van der Waals surface area contributed by atoms with Gasteiger partial charge in [-0.15, -0.1) is 0 Å². The van der Waals surface area contributed by atoms with Gasteiger partial charge in [0.1, 0.15) is 18.1 Å². The number of furan rings is 1. The normalized spacial score (nSPS) is 10.8. The summed E-state index contributed by atoms with van der Waals surface area (Å²) in [5.41, 5.74) is 2.56. The molecule has 0 saturated heterocycles. The molecule has 1 heterocycles. The van der Waals surface area contributed by atoms with E-state index in [-0.39, 0.29) is 5.91 Å². The van der Waals surface area contributed by atoms with Crippen molar-refractivity contribution in [3.63, 3.8) is 0 Å². The summed E-state index contributed by atoms with van der Waals surface area (Å²) in [7, 11) is 0. The van der Waals surface area contributed by atoms with Crippen molar-refractivity contribution in [3.05, 3.63) is 23.2 Å². The lowest BCUT2D eigenvalue weighted by Crippen LogP contribution is -2.30. The number of unbranched alkanes of at least 4 members (excludes halogenated alkanes) is 5. The topological polar surface area (TPSA) is 77.5 Å². The third kappa shape index (κ3) is 5.75. The molecule has 0 aliphatic carbocycles. The zero-order valence-corrected chi connectivity index (χ0v) is 12.5. The molecule has 1 aromatic heterocycles. The number of amides is 1.